The van der Waals surface area contributed by atoms with Crippen LogP contribution in [0.2, 0.25) is 10.0 Å². The van der Waals surface area contributed by atoms with Gasteiger partial charge in [0.25, 0.3) is 0 Å². The minimum absolute atomic E-state index is 0.279. The maximum absolute atomic E-state index is 6.07. The lowest BCUT2D eigenvalue weighted by Crippen LogP contribution is -2.25. The fraction of sp³-hybridized carbons (Fsp3) is 0.350. The summed E-state index contributed by atoms with van der Waals surface area (Å²) in [6.07, 6.45) is 1.31. The van der Waals surface area contributed by atoms with E-state index in [9.17, 15) is 0 Å². The van der Waals surface area contributed by atoms with Crippen LogP contribution in [0.25, 0.3) is 0 Å². The van der Waals surface area contributed by atoms with Gasteiger partial charge in [0.1, 0.15) is 6.04 Å². The van der Waals surface area contributed by atoms with E-state index >= 15 is 0 Å². The molecule has 1 unspecified atom stereocenters. The van der Waals surface area contributed by atoms with Gasteiger partial charge in [-0.05, 0) is 55.7 Å². The van der Waals surface area contributed by atoms with E-state index in [0.29, 0.717) is 23.3 Å². The first-order valence-electron chi connectivity index (χ1n) is 8.33. The van der Waals surface area contributed by atoms with Crippen LogP contribution in [0, 0.1) is 6.92 Å². The molecule has 0 N–H and O–H groups in total. The average Bonchev–Trinajstić information content (AvgIpc) is 2.56. The first kappa shape index (κ1) is 19.9. The Bertz CT molecular complexity index is 692. The maximum atomic E-state index is 6.07. The number of aryl methyl sites for hydroxylation is 1. The molecule has 0 bridgehead atoms. The third-order valence-electron chi connectivity index (χ3n) is 3.70. The molecular weight excluding hydrogens is 357 g/mol. The Morgan fingerprint density at radius 1 is 1.00 bits per heavy atom. The lowest BCUT2D eigenvalue weighted by atomic mass is 10.0. The molecule has 0 aliphatic carbocycles. The lowest BCUT2D eigenvalue weighted by molar-refractivity contribution is -0.148. The molecule has 0 fully saturated rings. The van der Waals surface area contributed by atoms with Crippen molar-refractivity contribution in [2.45, 2.75) is 33.1 Å². The smallest absolute Gasteiger partial charge is 0.183 e. The van der Waals surface area contributed by atoms with Gasteiger partial charge in [-0.1, -0.05) is 47.5 Å². The summed E-state index contributed by atoms with van der Waals surface area (Å²) in [7, 11) is 0. The molecule has 0 aromatic heterocycles. The lowest BCUT2D eigenvalue weighted by Gasteiger charge is -2.25. The van der Waals surface area contributed by atoms with Gasteiger partial charge in [-0.25, -0.2) is 0 Å². The number of hydrogen-bond acceptors (Lipinski definition) is 3. The number of hydrogen-bond donors (Lipinski definition) is 0. The molecule has 0 aliphatic heterocycles. The summed E-state index contributed by atoms with van der Waals surface area (Å²) in [4.78, 5) is 4.75. The monoisotopic (exact) mass is 379 g/mol. The first-order chi connectivity index (χ1) is 12.0. The molecule has 0 heterocycles. The Hall–Kier alpha value is -1.39. The van der Waals surface area contributed by atoms with Gasteiger partial charge in [-0.2, -0.15) is 0 Å². The van der Waals surface area contributed by atoms with E-state index < -0.39 is 6.29 Å². The van der Waals surface area contributed by atoms with E-state index in [-0.39, 0.29) is 6.04 Å². The van der Waals surface area contributed by atoms with Crippen LogP contribution in [-0.4, -0.2) is 25.7 Å². The van der Waals surface area contributed by atoms with Crippen molar-refractivity contribution in [3.63, 3.8) is 0 Å². The van der Waals surface area contributed by atoms with Gasteiger partial charge in [0.15, 0.2) is 6.29 Å². The highest BCUT2D eigenvalue weighted by atomic mass is 35.5. The van der Waals surface area contributed by atoms with Crippen molar-refractivity contribution in [3.8, 4) is 0 Å². The fourth-order valence-corrected chi connectivity index (χ4v) is 3.13. The van der Waals surface area contributed by atoms with Crippen molar-refractivity contribution in [1.29, 1.82) is 0 Å². The molecule has 3 nitrogen and oxygen atoms in total. The zero-order valence-corrected chi connectivity index (χ0v) is 16.2. The highest BCUT2D eigenvalue weighted by Gasteiger charge is 2.24. The summed E-state index contributed by atoms with van der Waals surface area (Å²) < 4.78 is 11.6. The molecule has 2 aromatic carbocycles. The topological polar surface area (TPSA) is 30.8 Å². The van der Waals surface area contributed by atoms with E-state index in [1.165, 1.54) is 0 Å². The molecule has 0 spiro atoms. The molecule has 1 atom stereocenters. The van der Waals surface area contributed by atoms with Crippen LogP contribution < -0.4 is 0 Å². The van der Waals surface area contributed by atoms with Gasteiger partial charge in [0.05, 0.1) is 0 Å². The number of nitrogens with zero attached hydrogens (tertiary/aromatic N) is 1. The minimum Gasteiger partial charge on any atom is -0.350 e. The Balaban J connectivity index is 2.39. The van der Waals surface area contributed by atoms with E-state index in [1.807, 2.05) is 44.2 Å². The van der Waals surface area contributed by atoms with E-state index in [4.69, 9.17) is 37.7 Å². The van der Waals surface area contributed by atoms with Crippen molar-refractivity contribution in [1.82, 2.24) is 0 Å². The van der Waals surface area contributed by atoms with Crippen LogP contribution in [-0.2, 0) is 9.47 Å². The van der Waals surface area contributed by atoms with Gasteiger partial charge in [0.2, 0.25) is 0 Å². The fourth-order valence-electron chi connectivity index (χ4n) is 2.59. The molecule has 134 valence electrons. The van der Waals surface area contributed by atoms with Crippen LogP contribution in [0.15, 0.2) is 47.5 Å². The van der Waals surface area contributed by atoms with Gasteiger partial charge < -0.3 is 9.47 Å². The molecule has 0 amide bonds. The summed E-state index contributed by atoms with van der Waals surface area (Å²) >= 11 is 12.1. The van der Waals surface area contributed by atoms with Crippen LogP contribution in [0.5, 0.6) is 0 Å². The van der Waals surface area contributed by atoms with Crippen molar-refractivity contribution < 1.29 is 9.47 Å². The summed E-state index contributed by atoms with van der Waals surface area (Å²) in [5, 5.41) is 1.15. The highest BCUT2D eigenvalue weighted by molar-refractivity contribution is 6.35. The minimum atomic E-state index is -0.456. The Kier molecular flexibility index (Phi) is 7.91. The van der Waals surface area contributed by atoms with Crippen LogP contribution in [0.3, 0.4) is 0 Å². The second kappa shape index (κ2) is 9.93. The van der Waals surface area contributed by atoms with Crippen molar-refractivity contribution >= 4 is 29.4 Å². The number of rotatable bonds is 8. The summed E-state index contributed by atoms with van der Waals surface area (Å²) in [6, 6.07) is 13.2. The van der Waals surface area contributed by atoms with Crippen molar-refractivity contribution in [3.05, 3.63) is 69.2 Å². The second-order valence-electron chi connectivity index (χ2n) is 5.56. The SMILES string of the molecule is CCOC(OCC)C(N=Cc1cc(Cl)cc(Cl)c1)c1ccccc1C. The zero-order chi connectivity index (χ0) is 18.2. The van der Waals surface area contributed by atoms with Crippen LogP contribution in [0.4, 0.5) is 0 Å². The van der Waals surface area contributed by atoms with E-state index in [0.717, 1.165) is 16.7 Å². The summed E-state index contributed by atoms with van der Waals surface area (Å²) in [5.41, 5.74) is 3.04. The second-order valence-corrected chi connectivity index (χ2v) is 6.43. The average molecular weight is 380 g/mol. The third-order valence-corrected chi connectivity index (χ3v) is 4.13. The molecule has 0 saturated carbocycles. The van der Waals surface area contributed by atoms with Gasteiger partial charge in [0, 0.05) is 29.5 Å². The molecule has 5 heteroatoms. The van der Waals surface area contributed by atoms with Crippen molar-refractivity contribution in [2.24, 2.45) is 4.99 Å². The Labute approximate surface area is 159 Å². The number of ether oxygens (including phenoxy) is 2. The van der Waals surface area contributed by atoms with E-state index in [1.54, 1.807) is 12.3 Å². The summed E-state index contributed by atoms with van der Waals surface area (Å²) in [6.45, 7) is 7.04. The normalized spacial score (nSPS) is 12.9. The Morgan fingerprint density at radius 2 is 1.60 bits per heavy atom. The molecule has 0 saturated heterocycles. The first-order valence-corrected chi connectivity index (χ1v) is 9.08. The largest absolute Gasteiger partial charge is 0.350 e. The molecule has 0 radical (unpaired) electrons. The van der Waals surface area contributed by atoms with Crippen LogP contribution in [0.1, 0.15) is 36.6 Å². The highest BCUT2D eigenvalue weighted by Crippen LogP contribution is 2.28. The maximum Gasteiger partial charge on any atom is 0.183 e. The predicted octanol–water partition coefficient (Wildman–Crippen LogP) is 5.86. The molecule has 2 aromatic rings. The number of halogens is 2. The zero-order valence-electron chi connectivity index (χ0n) is 14.7. The Morgan fingerprint density at radius 3 is 2.16 bits per heavy atom. The molecule has 2 rings (SSSR count). The quantitative estimate of drug-likeness (QED) is 0.424. The predicted molar refractivity (Wildman–Crippen MR) is 105 cm³/mol. The molecule has 0 aliphatic rings. The van der Waals surface area contributed by atoms with Gasteiger partial charge in [-0.3, -0.25) is 4.99 Å². The van der Waals surface area contributed by atoms with Gasteiger partial charge >= 0.3 is 0 Å². The van der Waals surface area contributed by atoms with Crippen LogP contribution >= 0.6 is 23.2 Å². The van der Waals surface area contributed by atoms with E-state index in [2.05, 4.69) is 13.0 Å². The molecular formula is C20H23Cl2NO2. The number of benzene rings is 2. The third kappa shape index (κ3) is 5.82. The van der Waals surface area contributed by atoms with Gasteiger partial charge in [-0.15, -0.1) is 0 Å². The standard InChI is InChI=1S/C20H23Cl2NO2/c1-4-24-20(25-5-2)19(18-9-7-6-8-14(18)3)23-13-15-10-16(21)12-17(22)11-15/h6-13,19-20H,4-5H2,1-3H3. The van der Waals surface area contributed by atoms with Crippen molar-refractivity contribution in [2.75, 3.05) is 13.2 Å². The number of aliphatic imine (C=N–C) groups is 1. The summed E-state index contributed by atoms with van der Waals surface area (Å²) in [5.74, 6) is 0. The molecule has 25 heavy (non-hydrogen) atoms.